The lowest BCUT2D eigenvalue weighted by atomic mass is 9.95. The molecule has 0 spiro atoms. The van der Waals surface area contributed by atoms with Crippen molar-refractivity contribution in [1.29, 1.82) is 0 Å². The van der Waals surface area contributed by atoms with Gasteiger partial charge in [0.25, 0.3) is 0 Å². The molecular formula is C64H42N2O. The van der Waals surface area contributed by atoms with Crippen LogP contribution in [0.4, 0.5) is 17.1 Å². The van der Waals surface area contributed by atoms with E-state index >= 15 is 0 Å². The van der Waals surface area contributed by atoms with Crippen LogP contribution in [-0.2, 0) is 0 Å². The average molecular weight is 855 g/mol. The fraction of sp³-hybridized carbons (Fsp3) is 0. The molecule has 0 aliphatic rings. The van der Waals surface area contributed by atoms with Gasteiger partial charge in [-0.3, -0.25) is 0 Å². The first-order chi connectivity index (χ1) is 33.2. The maximum Gasteiger partial charge on any atom is 0.136 e. The van der Waals surface area contributed by atoms with Crippen molar-refractivity contribution in [3.05, 3.63) is 255 Å². The van der Waals surface area contributed by atoms with E-state index in [2.05, 4.69) is 252 Å². The van der Waals surface area contributed by atoms with Crippen LogP contribution in [0.25, 0.3) is 105 Å². The molecule has 0 saturated heterocycles. The molecule has 3 nitrogen and oxygen atoms in total. The molecule has 0 atom stereocenters. The van der Waals surface area contributed by atoms with Crippen LogP contribution in [0.3, 0.4) is 0 Å². The summed E-state index contributed by atoms with van der Waals surface area (Å²) < 4.78 is 8.72. The Labute approximate surface area is 388 Å². The van der Waals surface area contributed by atoms with Gasteiger partial charge in [0.1, 0.15) is 11.2 Å². The quantitative estimate of drug-likeness (QED) is 0.152. The smallest absolute Gasteiger partial charge is 0.136 e. The van der Waals surface area contributed by atoms with E-state index in [9.17, 15) is 0 Å². The largest absolute Gasteiger partial charge is 0.456 e. The molecule has 0 radical (unpaired) electrons. The summed E-state index contributed by atoms with van der Waals surface area (Å²) >= 11 is 0. The van der Waals surface area contributed by atoms with E-state index in [-0.39, 0.29) is 0 Å². The fourth-order valence-electron chi connectivity index (χ4n) is 10.3. The Balaban J connectivity index is 0.890. The number of hydrogen-bond acceptors (Lipinski definition) is 2. The first kappa shape index (κ1) is 38.5. The van der Waals surface area contributed by atoms with E-state index in [1.165, 1.54) is 54.8 Å². The van der Waals surface area contributed by atoms with Crippen molar-refractivity contribution in [1.82, 2.24) is 4.57 Å². The van der Waals surface area contributed by atoms with Crippen LogP contribution in [0.5, 0.6) is 0 Å². The third kappa shape index (κ3) is 6.59. The number of hydrogen-bond donors (Lipinski definition) is 0. The minimum absolute atomic E-state index is 0.888. The lowest BCUT2D eigenvalue weighted by Crippen LogP contribution is -2.11. The Bertz CT molecular complexity index is 3930. The lowest BCUT2D eigenvalue weighted by molar-refractivity contribution is 0.669. The van der Waals surface area contributed by atoms with Gasteiger partial charge in [-0.15, -0.1) is 0 Å². The van der Waals surface area contributed by atoms with Gasteiger partial charge in [0.2, 0.25) is 0 Å². The second-order valence-corrected chi connectivity index (χ2v) is 17.3. The highest BCUT2D eigenvalue weighted by Gasteiger charge is 2.20. The zero-order chi connectivity index (χ0) is 44.3. The van der Waals surface area contributed by atoms with Gasteiger partial charge in [0, 0.05) is 44.2 Å². The average Bonchev–Trinajstić information content (AvgIpc) is 3.95. The Hall–Kier alpha value is -8.92. The van der Waals surface area contributed by atoms with Crippen LogP contribution >= 0.6 is 0 Å². The van der Waals surface area contributed by atoms with Crippen molar-refractivity contribution in [3.8, 4) is 50.2 Å². The molecule has 0 aliphatic carbocycles. The Morgan fingerprint density at radius 2 is 0.851 bits per heavy atom. The highest BCUT2D eigenvalue weighted by atomic mass is 16.3. The van der Waals surface area contributed by atoms with E-state index in [1.54, 1.807) is 0 Å². The fourth-order valence-corrected chi connectivity index (χ4v) is 10.3. The second-order valence-electron chi connectivity index (χ2n) is 17.3. The number of benzene rings is 11. The number of nitrogens with zero attached hydrogens (tertiary/aromatic N) is 2. The van der Waals surface area contributed by atoms with Gasteiger partial charge in [-0.1, -0.05) is 188 Å². The summed E-state index contributed by atoms with van der Waals surface area (Å²) in [4.78, 5) is 2.41. The van der Waals surface area contributed by atoms with Crippen molar-refractivity contribution in [2.75, 3.05) is 4.90 Å². The third-order valence-corrected chi connectivity index (χ3v) is 13.4. The molecule has 0 unspecified atom stereocenters. The molecule has 13 rings (SSSR count). The van der Waals surface area contributed by atoms with Crippen LogP contribution in [0.2, 0.25) is 0 Å². The van der Waals surface area contributed by atoms with Crippen molar-refractivity contribution >= 4 is 71.6 Å². The Morgan fingerprint density at radius 3 is 1.64 bits per heavy atom. The summed E-state index contributed by atoms with van der Waals surface area (Å²) in [6.07, 6.45) is 0. The maximum absolute atomic E-state index is 6.34. The topological polar surface area (TPSA) is 21.3 Å². The summed E-state index contributed by atoms with van der Waals surface area (Å²) in [7, 11) is 0. The number of para-hydroxylation sites is 4. The summed E-state index contributed by atoms with van der Waals surface area (Å²) in [5, 5.41) is 7.22. The first-order valence-electron chi connectivity index (χ1n) is 22.9. The molecule has 0 N–H and O–H groups in total. The van der Waals surface area contributed by atoms with Gasteiger partial charge < -0.3 is 13.9 Å². The van der Waals surface area contributed by atoms with Crippen LogP contribution in [0, 0.1) is 0 Å². The van der Waals surface area contributed by atoms with Crippen LogP contribution in [0.15, 0.2) is 259 Å². The molecule has 314 valence electrons. The second kappa shape index (κ2) is 16.0. The van der Waals surface area contributed by atoms with E-state index in [1.807, 2.05) is 12.1 Å². The van der Waals surface area contributed by atoms with Gasteiger partial charge >= 0.3 is 0 Å². The summed E-state index contributed by atoms with van der Waals surface area (Å²) in [6, 6.07) is 91.9. The van der Waals surface area contributed by atoms with E-state index in [4.69, 9.17) is 4.42 Å². The van der Waals surface area contributed by atoms with Gasteiger partial charge in [0.05, 0.1) is 16.7 Å². The SMILES string of the molecule is c1cc(-c2cccc3oc4ccccc4c23)cc(N(c2ccc(-c3ccc(-c4cccc(-n5c6ccccc6c6ccccc65)c4)cc3)cc2)c2ccccc2-c2cccc3ccccc23)c1. The van der Waals surface area contributed by atoms with E-state index in [0.717, 1.165) is 66.9 Å². The molecule has 67 heavy (non-hydrogen) atoms. The van der Waals surface area contributed by atoms with Gasteiger partial charge in [0.15, 0.2) is 0 Å². The lowest BCUT2D eigenvalue weighted by Gasteiger charge is -2.29. The molecule has 0 bridgehead atoms. The zero-order valence-corrected chi connectivity index (χ0v) is 36.6. The van der Waals surface area contributed by atoms with Gasteiger partial charge in [-0.2, -0.15) is 0 Å². The van der Waals surface area contributed by atoms with E-state index in [0.29, 0.717) is 0 Å². The maximum atomic E-state index is 6.34. The molecule has 0 aliphatic heterocycles. The molecule has 13 aromatic rings. The van der Waals surface area contributed by atoms with Crippen LogP contribution < -0.4 is 4.90 Å². The van der Waals surface area contributed by atoms with Crippen molar-refractivity contribution in [2.24, 2.45) is 0 Å². The Morgan fingerprint density at radius 1 is 0.313 bits per heavy atom. The summed E-state index contributed by atoms with van der Waals surface area (Å²) in [6.45, 7) is 0. The number of anilines is 3. The standard InChI is InChI=1S/C64H42N2O/c1-2-21-52-46(15-1)16-13-27-54(52)55-22-3-7-28-59(55)65(50-19-12-18-48(42-50)53-26-14-32-63-64(53)58-25-6-10-31-62(58)67-63)49-39-37-44(38-40-49)43-33-35-45(36-34-43)47-17-11-20-51(41-47)66-60-29-8-4-23-56(60)57-24-5-9-30-61(57)66/h1-42H. The summed E-state index contributed by atoms with van der Waals surface area (Å²) in [5.41, 5.74) is 17.9. The minimum Gasteiger partial charge on any atom is -0.456 e. The highest BCUT2D eigenvalue weighted by Crippen LogP contribution is 2.45. The molecule has 2 aromatic heterocycles. The van der Waals surface area contributed by atoms with Gasteiger partial charge in [-0.05, 0) is 116 Å². The summed E-state index contributed by atoms with van der Waals surface area (Å²) in [5.74, 6) is 0. The van der Waals surface area contributed by atoms with E-state index < -0.39 is 0 Å². The monoisotopic (exact) mass is 854 g/mol. The number of aromatic nitrogens is 1. The molecular weight excluding hydrogens is 813 g/mol. The molecule has 2 heterocycles. The number of fused-ring (bicyclic) bond motifs is 7. The predicted octanol–water partition coefficient (Wildman–Crippen LogP) is 18.0. The predicted molar refractivity (Wildman–Crippen MR) is 282 cm³/mol. The Kier molecular flexibility index (Phi) is 9.17. The molecule has 3 heteroatoms. The van der Waals surface area contributed by atoms with Gasteiger partial charge in [-0.25, -0.2) is 0 Å². The highest BCUT2D eigenvalue weighted by molar-refractivity contribution is 6.13. The first-order valence-corrected chi connectivity index (χ1v) is 22.9. The zero-order valence-electron chi connectivity index (χ0n) is 36.6. The molecule has 0 saturated carbocycles. The van der Waals surface area contributed by atoms with Crippen molar-refractivity contribution in [2.45, 2.75) is 0 Å². The van der Waals surface area contributed by atoms with Crippen molar-refractivity contribution in [3.63, 3.8) is 0 Å². The van der Waals surface area contributed by atoms with Crippen molar-refractivity contribution < 1.29 is 4.42 Å². The van der Waals surface area contributed by atoms with Crippen LogP contribution in [-0.4, -0.2) is 4.57 Å². The number of furan rings is 1. The third-order valence-electron chi connectivity index (χ3n) is 13.4. The minimum atomic E-state index is 0.888. The van der Waals surface area contributed by atoms with Crippen LogP contribution in [0.1, 0.15) is 0 Å². The molecule has 11 aromatic carbocycles. The molecule has 0 amide bonds. The molecule has 0 fully saturated rings. The normalized spacial score (nSPS) is 11.6. The number of rotatable bonds is 8.